The standard InChI is InChI=1S/C28H28N10/c1-19-15-36(18-23-5-3-4-8-31-23)9-10-37(19)26-7-6-20(13-32-26)24-11-21(22-14-33-35(2)16-22)17-38-27(24)25(12-29)28(30)34-38/h3-8,11,13-14,16-17,19H,9-10,15,18H2,1-2H3,(H2,30,34)/t19-/m1/s1. The van der Waals surface area contributed by atoms with Gasteiger partial charge in [-0.1, -0.05) is 6.07 Å². The van der Waals surface area contributed by atoms with Crippen LogP contribution in [0.15, 0.2) is 67.4 Å². The smallest absolute Gasteiger partial charge is 0.164 e. The molecule has 6 rings (SSSR count). The Hall–Kier alpha value is -4.75. The van der Waals surface area contributed by atoms with Crippen molar-refractivity contribution >= 4 is 17.2 Å². The lowest BCUT2D eigenvalue weighted by molar-refractivity contribution is 0.218. The zero-order valence-corrected chi connectivity index (χ0v) is 21.4. The van der Waals surface area contributed by atoms with Crippen LogP contribution in [0.2, 0.25) is 0 Å². The maximum atomic E-state index is 9.80. The van der Waals surface area contributed by atoms with E-state index < -0.39 is 0 Å². The summed E-state index contributed by atoms with van der Waals surface area (Å²) in [6, 6.07) is 14.7. The molecule has 0 unspecified atom stereocenters. The Morgan fingerprint density at radius 2 is 1.95 bits per heavy atom. The number of pyridine rings is 3. The van der Waals surface area contributed by atoms with E-state index in [2.05, 4.69) is 56.2 Å². The molecule has 1 aliphatic rings. The molecule has 5 aromatic rings. The van der Waals surface area contributed by atoms with Crippen LogP contribution in [0.1, 0.15) is 18.2 Å². The molecule has 1 atom stereocenters. The summed E-state index contributed by atoms with van der Waals surface area (Å²) in [7, 11) is 1.88. The Balaban J connectivity index is 1.29. The Labute approximate surface area is 220 Å². The zero-order valence-electron chi connectivity index (χ0n) is 21.4. The first-order valence-electron chi connectivity index (χ1n) is 12.6. The fraction of sp³-hybridized carbons (Fsp3) is 0.250. The van der Waals surface area contributed by atoms with Crippen LogP contribution >= 0.6 is 0 Å². The number of nitrogens with two attached hydrogens (primary N) is 1. The van der Waals surface area contributed by atoms with Crippen LogP contribution in [0.5, 0.6) is 0 Å². The molecule has 0 radical (unpaired) electrons. The van der Waals surface area contributed by atoms with Gasteiger partial charge >= 0.3 is 0 Å². The van der Waals surface area contributed by atoms with E-state index in [4.69, 9.17) is 10.7 Å². The third-order valence-corrected chi connectivity index (χ3v) is 7.08. The number of anilines is 2. The van der Waals surface area contributed by atoms with Gasteiger partial charge in [0.05, 0.1) is 17.4 Å². The minimum Gasteiger partial charge on any atom is -0.381 e. The van der Waals surface area contributed by atoms with Crippen molar-refractivity contribution in [3.05, 3.63) is 78.6 Å². The fourth-order valence-corrected chi connectivity index (χ4v) is 5.21. The van der Waals surface area contributed by atoms with Crippen LogP contribution in [-0.4, -0.2) is 59.9 Å². The van der Waals surface area contributed by atoms with Gasteiger partial charge in [0.25, 0.3) is 0 Å². The molecule has 0 aliphatic carbocycles. The monoisotopic (exact) mass is 504 g/mol. The minimum absolute atomic E-state index is 0.207. The number of nitrogens with zero attached hydrogens (tertiary/aromatic N) is 9. The van der Waals surface area contributed by atoms with E-state index in [1.807, 2.05) is 50.0 Å². The summed E-state index contributed by atoms with van der Waals surface area (Å²) in [6.07, 6.45) is 9.34. The van der Waals surface area contributed by atoms with Crippen molar-refractivity contribution < 1.29 is 0 Å². The normalized spacial score (nSPS) is 16.1. The summed E-state index contributed by atoms with van der Waals surface area (Å²) >= 11 is 0. The maximum Gasteiger partial charge on any atom is 0.164 e. The topological polar surface area (TPSA) is 117 Å². The largest absolute Gasteiger partial charge is 0.381 e. The molecule has 0 saturated carbocycles. The van der Waals surface area contributed by atoms with Crippen molar-refractivity contribution in [3.63, 3.8) is 0 Å². The second-order valence-corrected chi connectivity index (χ2v) is 9.71. The first kappa shape index (κ1) is 23.6. The number of aryl methyl sites for hydroxylation is 1. The number of nitrogen functional groups attached to an aromatic ring is 1. The second kappa shape index (κ2) is 9.61. The summed E-state index contributed by atoms with van der Waals surface area (Å²) in [5.41, 5.74) is 11.8. The summed E-state index contributed by atoms with van der Waals surface area (Å²) < 4.78 is 3.44. The van der Waals surface area contributed by atoms with Crippen LogP contribution in [0.25, 0.3) is 27.8 Å². The molecule has 0 bridgehead atoms. The van der Waals surface area contributed by atoms with Crippen LogP contribution in [0, 0.1) is 11.3 Å². The van der Waals surface area contributed by atoms with E-state index in [0.29, 0.717) is 17.1 Å². The molecule has 190 valence electrons. The molecule has 2 N–H and O–H groups in total. The lowest BCUT2D eigenvalue weighted by Gasteiger charge is -2.40. The summed E-state index contributed by atoms with van der Waals surface area (Å²) in [6.45, 7) is 5.85. The Morgan fingerprint density at radius 3 is 2.63 bits per heavy atom. The first-order valence-corrected chi connectivity index (χ1v) is 12.6. The average molecular weight is 505 g/mol. The molecule has 0 amide bonds. The van der Waals surface area contributed by atoms with Gasteiger partial charge in [0.1, 0.15) is 17.5 Å². The summed E-state index contributed by atoms with van der Waals surface area (Å²) in [5, 5.41) is 18.5. The number of nitriles is 1. The molecule has 1 saturated heterocycles. The van der Waals surface area contributed by atoms with E-state index >= 15 is 0 Å². The highest BCUT2D eigenvalue weighted by atomic mass is 15.3. The predicted octanol–water partition coefficient (Wildman–Crippen LogP) is 3.36. The van der Waals surface area contributed by atoms with Crippen LogP contribution in [0.4, 0.5) is 11.6 Å². The summed E-state index contributed by atoms with van der Waals surface area (Å²) in [4.78, 5) is 14.1. The molecule has 5 aromatic heterocycles. The third kappa shape index (κ3) is 4.33. The van der Waals surface area contributed by atoms with Gasteiger partial charge in [-0.15, -0.1) is 5.10 Å². The number of hydrogen-bond acceptors (Lipinski definition) is 8. The average Bonchev–Trinajstić information content (AvgIpc) is 3.51. The minimum atomic E-state index is 0.207. The number of rotatable bonds is 5. The predicted molar refractivity (Wildman–Crippen MR) is 146 cm³/mol. The number of hydrogen-bond donors (Lipinski definition) is 1. The van der Waals surface area contributed by atoms with Crippen molar-refractivity contribution in [2.75, 3.05) is 30.3 Å². The molecular weight excluding hydrogens is 476 g/mol. The van der Waals surface area contributed by atoms with Crippen molar-refractivity contribution in [1.82, 2.24) is 34.3 Å². The highest BCUT2D eigenvalue weighted by molar-refractivity contribution is 5.90. The molecule has 0 spiro atoms. The number of fused-ring (bicyclic) bond motifs is 1. The van der Waals surface area contributed by atoms with Crippen molar-refractivity contribution in [3.8, 4) is 28.3 Å². The van der Waals surface area contributed by atoms with Gasteiger partial charge in [0.15, 0.2) is 5.82 Å². The van der Waals surface area contributed by atoms with E-state index in [-0.39, 0.29) is 5.82 Å². The van der Waals surface area contributed by atoms with E-state index in [0.717, 1.165) is 59.9 Å². The van der Waals surface area contributed by atoms with E-state index in [9.17, 15) is 5.26 Å². The number of aromatic nitrogens is 6. The van der Waals surface area contributed by atoms with Gasteiger partial charge < -0.3 is 10.6 Å². The quantitative estimate of drug-likeness (QED) is 0.387. The SMILES string of the molecule is C[C@@H]1CN(Cc2ccccn2)CCN1c1ccc(-c2cc(-c3cnn(C)c3)cn3nc(N)c(C#N)c23)cn1. The fourth-order valence-electron chi connectivity index (χ4n) is 5.21. The second-order valence-electron chi connectivity index (χ2n) is 9.71. The molecule has 6 heterocycles. The molecular formula is C28H28N10. The number of piperazine rings is 1. The van der Waals surface area contributed by atoms with Gasteiger partial charge in [-0.25, -0.2) is 9.50 Å². The van der Waals surface area contributed by atoms with Crippen LogP contribution < -0.4 is 10.6 Å². The Morgan fingerprint density at radius 1 is 1.05 bits per heavy atom. The van der Waals surface area contributed by atoms with Gasteiger partial charge in [-0.05, 0) is 37.3 Å². The van der Waals surface area contributed by atoms with Gasteiger partial charge in [-0.3, -0.25) is 14.6 Å². The summed E-state index contributed by atoms with van der Waals surface area (Å²) in [5.74, 6) is 1.14. The third-order valence-electron chi connectivity index (χ3n) is 7.08. The zero-order chi connectivity index (χ0) is 26.2. The van der Waals surface area contributed by atoms with E-state index in [1.54, 1.807) is 15.4 Å². The Bertz CT molecular complexity index is 1630. The molecule has 10 heteroatoms. The molecule has 10 nitrogen and oxygen atoms in total. The highest BCUT2D eigenvalue weighted by Crippen LogP contribution is 2.34. The molecule has 1 fully saturated rings. The van der Waals surface area contributed by atoms with Crippen LogP contribution in [-0.2, 0) is 13.6 Å². The first-order chi connectivity index (χ1) is 18.5. The lowest BCUT2D eigenvalue weighted by Crippen LogP contribution is -2.51. The van der Waals surface area contributed by atoms with Gasteiger partial charge in [-0.2, -0.15) is 10.4 Å². The van der Waals surface area contributed by atoms with Gasteiger partial charge in [0.2, 0.25) is 0 Å². The van der Waals surface area contributed by atoms with Crippen molar-refractivity contribution in [2.45, 2.75) is 19.5 Å². The maximum absolute atomic E-state index is 9.80. The highest BCUT2D eigenvalue weighted by Gasteiger charge is 2.25. The molecule has 0 aromatic carbocycles. The Kier molecular flexibility index (Phi) is 5.98. The van der Waals surface area contributed by atoms with Crippen molar-refractivity contribution in [2.24, 2.45) is 7.05 Å². The van der Waals surface area contributed by atoms with Crippen LogP contribution in [0.3, 0.4) is 0 Å². The van der Waals surface area contributed by atoms with Crippen molar-refractivity contribution in [1.29, 1.82) is 5.26 Å². The molecule has 38 heavy (non-hydrogen) atoms. The lowest BCUT2D eigenvalue weighted by atomic mass is 10.0. The van der Waals surface area contributed by atoms with Gasteiger partial charge in [0, 0.05) is 86.3 Å². The molecule has 1 aliphatic heterocycles. The van der Waals surface area contributed by atoms with E-state index in [1.165, 1.54) is 0 Å².